The van der Waals surface area contributed by atoms with Crippen molar-refractivity contribution in [1.82, 2.24) is 0 Å². The van der Waals surface area contributed by atoms with Crippen molar-refractivity contribution in [1.29, 1.82) is 0 Å². The topological polar surface area (TPSA) is 86.5 Å². The maximum atomic E-state index is 13.5. The standard InChI is InChI=1S/C13H17BrFNO4S/c1-7(2)4-8(3)20-13(17)10-5-9(15)6-11(12(10)14)21(16,18)19/h5-8H,4H2,1-3H3,(H2,16,18,19). The Kier molecular flexibility index (Phi) is 5.89. The highest BCUT2D eigenvalue weighted by molar-refractivity contribution is 9.10. The average Bonchev–Trinajstić information content (AvgIpc) is 2.28. The molecule has 0 radical (unpaired) electrons. The summed E-state index contributed by atoms with van der Waals surface area (Å²) >= 11 is 2.97. The Morgan fingerprint density at radius 2 is 1.95 bits per heavy atom. The van der Waals surface area contributed by atoms with E-state index in [4.69, 9.17) is 9.88 Å². The number of halogens is 2. The second kappa shape index (κ2) is 6.85. The summed E-state index contributed by atoms with van der Waals surface area (Å²) in [7, 11) is -4.15. The smallest absolute Gasteiger partial charge is 0.339 e. The molecule has 118 valence electrons. The molecule has 0 aliphatic heterocycles. The van der Waals surface area contributed by atoms with Gasteiger partial charge in [-0.1, -0.05) is 13.8 Å². The fourth-order valence-corrected chi connectivity index (χ4v) is 3.58. The summed E-state index contributed by atoms with van der Waals surface area (Å²) < 4.78 is 41.3. The van der Waals surface area contributed by atoms with Gasteiger partial charge in [-0.2, -0.15) is 0 Å². The maximum absolute atomic E-state index is 13.5. The molecule has 0 aliphatic carbocycles. The van der Waals surface area contributed by atoms with E-state index in [1.54, 1.807) is 6.92 Å². The van der Waals surface area contributed by atoms with Crippen molar-refractivity contribution in [3.05, 3.63) is 28.0 Å². The molecule has 0 heterocycles. The van der Waals surface area contributed by atoms with Crippen LogP contribution in [0, 0.1) is 11.7 Å². The highest BCUT2D eigenvalue weighted by Crippen LogP contribution is 2.27. The van der Waals surface area contributed by atoms with Crippen LogP contribution in [0.4, 0.5) is 4.39 Å². The van der Waals surface area contributed by atoms with Crippen LogP contribution in [0.2, 0.25) is 0 Å². The molecule has 0 aromatic heterocycles. The lowest BCUT2D eigenvalue weighted by atomic mass is 10.1. The third-order valence-electron chi connectivity index (χ3n) is 2.64. The largest absolute Gasteiger partial charge is 0.459 e. The first kappa shape index (κ1) is 18.1. The van der Waals surface area contributed by atoms with Gasteiger partial charge in [-0.05, 0) is 47.3 Å². The number of carbonyl (C=O) groups excluding carboxylic acids is 1. The minimum atomic E-state index is -4.15. The Hall–Kier alpha value is -0.990. The number of hydrogen-bond acceptors (Lipinski definition) is 4. The minimum Gasteiger partial charge on any atom is -0.459 e. The van der Waals surface area contributed by atoms with Gasteiger partial charge in [0.25, 0.3) is 0 Å². The summed E-state index contributed by atoms with van der Waals surface area (Å²) in [5, 5.41) is 4.99. The molecule has 1 unspecified atom stereocenters. The fourth-order valence-electron chi connectivity index (χ4n) is 1.88. The monoisotopic (exact) mass is 381 g/mol. The Bertz CT molecular complexity index is 646. The first-order valence-corrected chi connectivity index (χ1v) is 8.59. The number of ether oxygens (including phenoxy) is 1. The number of carbonyl (C=O) groups is 1. The summed E-state index contributed by atoms with van der Waals surface area (Å²) in [5.41, 5.74) is -0.213. The van der Waals surface area contributed by atoms with Gasteiger partial charge < -0.3 is 4.74 Å². The summed E-state index contributed by atoms with van der Waals surface area (Å²) in [6, 6.07) is 1.65. The van der Waals surface area contributed by atoms with Crippen molar-refractivity contribution in [2.75, 3.05) is 0 Å². The first-order valence-electron chi connectivity index (χ1n) is 6.25. The van der Waals surface area contributed by atoms with Crippen molar-refractivity contribution in [3.63, 3.8) is 0 Å². The van der Waals surface area contributed by atoms with Gasteiger partial charge >= 0.3 is 5.97 Å². The maximum Gasteiger partial charge on any atom is 0.339 e. The molecular weight excluding hydrogens is 365 g/mol. The summed E-state index contributed by atoms with van der Waals surface area (Å²) in [6.45, 7) is 5.66. The van der Waals surface area contributed by atoms with Gasteiger partial charge in [-0.15, -0.1) is 0 Å². The predicted octanol–water partition coefficient (Wildman–Crippen LogP) is 2.83. The number of sulfonamides is 1. The van der Waals surface area contributed by atoms with Gasteiger partial charge in [0.2, 0.25) is 10.0 Å². The lowest BCUT2D eigenvalue weighted by Gasteiger charge is -2.16. The average molecular weight is 382 g/mol. The summed E-state index contributed by atoms with van der Waals surface area (Å²) in [5.74, 6) is -1.37. The number of rotatable bonds is 5. The Balaban J connectivity index is 3.14. The summed E-state index contributed by atoms with van der Waals surface area (Å²) in [4.78, 5) is 11.5. The quantitative estimate of drug-likeness (QED) is 0.794. The van der Waals surface area contributed by atoms with Crippen LogP contribution >= 0.6 is 15.9 Å². The molecule has 0 fully saturated rings. The van der Waals surface area contributed by atoms with Gasteiger partial charge in [-0.25, -0.2) is 22.7 Å². The van der Waals surface area contributed by atoms with E-state index in [9.17, 15) is 17.6 Å². The molecule has 21 heavy (non-hydrogen) atoms. The van der Waals surface area contributed by atoms with Gasteiger partial charge in [0.1, 0.15) is 5.82 Å². The van der Waals surface area contributed by atoms with E-state index in [0.29, 0.717) is 12.3 Å². The van der Waals surface area contributed by atoms with Gasteiger partial charge in [0.05, 0.1) is 21.0 Å². The molecule has 8 heteroatoms. The molecule has 1 atom stereocenters. The summed E-state index contributed by atoms with van der Waals surface area (Å²) in [6.07, 6.45) is 0.270. The van der Waals surface area contributed by atoms with E-state index < -0.39 is 26.7 Å². The Morgan fingerprint density at radius 1 is 1.38 bits per heavy atom. The number of primary sulfonamides is 1. The van der Waals surface area contributed by atoms with Crippen molar-refractivity contribution in [2.45, 2.75) is 38.2 Å². The lowest BCUT2D eigenvalue weighted by molar-refractivity contribution is 0.0297. The van der Waals surface area contributed by atoms with Crippen molar-refractivity contribution in [2.24, 2.45) is 11.1 Å². The molecule has 2 N–H and O–H groups in total. The third kappa shape index (κ3) is 5.05. The number of esters is 1. The molecular formula is C13H17BrFNO4S. The lowest BCUT2D eigenvalue weighted by Crippen LogP contribution is -2.19. The molecule has 0 saturated heterocycles. The molecule has 0 amide bonds. The van der Waals surface area contributed by atoms with E-state index in [1.807, 2.05) is 13.8 Å². The molecule has 0 saturated carbocycles. The molecule has 1 aromatic carbocycles. The fraction of sp³-hybridized carbons (Fsp3) is 0.462. The molecule has 1 aromatic rings. The normalized spacial score (nSPS) is 13.3. The number of nitrogens with two attached hydrogens (primary N) is 1. The zero-order chi connectivity index (χ0) is 16.4. The molecule has 5 nitrogen and oxygen atoms in total. The van der Waals surface area contributed by atoms with E-state index in [1.165, 1.54) is 0 Å². The Labute approximate surface area is 131 Å². The first-order chi connectivity index (χ1) is 9.52. The highest BCUT2D eigenvalue weighted by Gasteiger charge is 2.23. The third-order valence-corrected chi connectivity index (χ3v) is 4.69. The van der Waals surface area contributed by atoms with Gasteiger partial charge in [0.15, 0.2) is 0 Å². The second-order valence-electron chi connectivity index (χ2n) is 5.16. The van der Waals surface area contributed by atoms with E-state index in [0.717, 1.165) is 12.1 Å². The van der Waals surface area contributed by atoms with Crippen LogP contribution < -0.4 is 5.14 Å². The molecule has 0 bridgehead atoms. The number of hydrogen-bond donors (Lipinski definition) is 1. The van der Waals surface area contributed by atoms with Crippen LogP contribution in [-0.4, -0.2) is 20.5 Å². The number of benzene rings is 1. The zero-order valence-electron chi connectivity index (χ0n) is 11.9. The van der Waals surface area contributed by atoms with E-state index in [-0.39, 0.29) is 16.1 Å². The zero-order valence-corrected chi connectivity index (χ0v) is 14.3. The molecule has 0 aliphatic rings. The van der Waals surface area contributed by atoms with E-state index in [2.05, 4.69) is 15.9 Å². The van der Waals surface area contributed by atoms with Gasteiger partial charge in [-0.3, -0.25) is 0 Å². The SMILES string of the molecule is CC(C)CC(C)OC(=O)c1cc(F)cc(S(N)(=O)=O)c1Br. The van der Waals surface area contributed by atoms with Crippen LogP contribution in [-0.2, 0) is 14.8 Å². The van der Waals surface area contributed by atoms with Crippen LogP contribution in [0.3, 0.4) is 0 Å². The van der Waals surface area contributed by atoms with Crippen molar-refractivity contribution >= 4 is 31.9 Å². The van der Waals surface area contributed by atoms with E-state index >= 15 is 0 Å². The van der Waals surface area contributed by atoms with Crippen LogP contribution in [0.15, 0.2) is 21.5 Å². The van der Waals surface area contributed by atoms with Crippen molar-refractivity contribution < 1.29 is 22.3 Å². The second-order valence-corrected chi connectivity index (χ2v) is 7.48. The van der Waals surface area contributed by atoms with Crippen LogP contribution in [0.25, 0.3) is 0 Å². The Morgan fingerprint density at radius 3 is 2.43 bits per heavy atom. The van der Waals surface area contributed by atoms with Crippen molar-refractivity contribution in [3.8, 4) is 0 Å². The van der Waals surface area contributed by atoms with Gasteiger partial charge in [0, 0.05) is 0 Å². The van der Waals surface area contributed by atoms with Crippen LogP contribution in [0.1, 0.15) is 37.6 Å². The molecule has 1 rings (SSSR count). The van der Waals surface area contributed by atoms with Crippen LogP contribution in [0.5, 0.6) is 0 Å². The predicted molar refractivity (Wildman–Crippen MR) is 79.8 cm³/mol. The minimum absolute atomic E-state index is 0.104. The highest BCUT2D eigenvalue weighted by atomic mass is 79.9. The molecule has 0 spiro atoms.